The molecule has 0 spiro atoms. The van der Waals surface area contributed by atoms with Crippen molar-refractivity contribution in [2.45, 2.75) is 424 Å². The monoisotopic (exact) mass is 1150 g/mol. The maximum Gasteiger partial charge on any atom is 0.305 e. The first kappa shape index (κ1) is 80.1. The summed E-state index contributed by atoms with van der Waals surface area (Å²) in [5, 5.41) is 23.3. The molecule has 484 valence electrons. The highest BCUT2D eigenvalue weighted by Crippen LogP contribution is 2.19. The molecule has 0 aliphatic carbocycles. The van der Waals surface area contributed by atoms with E-state index in [1.807, 2.05) is 0 Å². The molecule has 0 saturated heterocycles. The predicted molar refractivity (Wildman–Crippen MR) is 361 cm³/mol. The first-order chi connectivity index (χ1) is 40.5. The lowest BCUT2D eigenvalue weighted by molar-refractivity contribution is -0.143. The molecule has 0 aliphatic heterocycles. The second-order valence-electron chi connectivity index (χ2n) is 25.6. The summed E-state index contributed by atoms with van der Waals surface area (Å²) in [6.07, 6.45) is 92.2. The number of esters is 1. The van der Waals surface area contributed by atoms with Gasteiger partial charge in [-0.2, -0.15) is 0 Å². The molecule has 0 radical (unpaired) electrons. The summed E-state index contributed by atoms with van der Waals surface area (Å²) >= 11 is 0. The normalized spacial score (nSPS) is 12.7. The van der Waals surface area contributed by atoms with E-state index in [2.05, 4.69) is 55.6 Å². The number of allylic oxidation sites excluding steroid dienone is 6. The van der Waals surface area contributed by atoms with Crippen molar-refractivity contribution in [2.24, 2.45) is 0 Å². The molecule has 1 amide bonds. The molecule has 0 aromatic rings. The average molecular weight is 1150 g/mol. The lowest BCUT2D eigenvalue weighted by Crippen LogP contribution is -2.45. The van der Waals surface area contributed by atoms with Crippen LogP contribution in [-0.4, -0.2) is 47.4 Å². The smallest absolute Gasteiger partial charge is 0.305 e. The van der Waals surface area contributed by atoms with Crippen molar-refractivity contribution in [3.05, 3.63) is 36.5 Å². The summed E-state index contributed by atoms with van der Waals surface area (Å²) in [4.78, 5) is 24.6. The Hall–Kier alpha value is -1.92. The minimum absolute atomic E-state index is 0.0128. The molecule has 2 unspecified atom stereocenters. The molecule has 0 aliphatic rings. The summed E-state index contributed by atoms with van der Waals surface area (Å²) < 4.78 is 5.50. The fourth-order valence-electron chi connectivity index (χ4n) is 11.7. The molecule has 0 fully saturated rings. The van der Waals surface area contributed by atoms with E-state index in [9.17, 15) is 19.8 Å². The summed E-state index contributed by atoms with van der Waals surface area (Å²) in [6, 6.07) is -0.538. The maximum absolute atomic E-state index is 12.5. The molecule has 6 nitrogen and oxygen atoms in total. The first-order valence-corrected chi connectivity index (χ1v) is 37.2. The van der Waals surface area contributed by atoms with Crippen molar-refractivity contribution < 1.29 is 24.5 Å². The third-order valence-electron chi connectivity index (χ3n) is 17.4. The fraction of sp³-hybridized carbons (Fsp3) is 0.895. The number of carbonyl (C=O) groups excluding carboxylic acids is 2. The lowest BCUT2D eigenvalue weighted by atomic mass is 10.0. The Morgan fingerprint density at radius 2 is 0.610 bits per heavy atom. The van der Waals surface area contributed by atoms with Crippen molar-refractivity contribution >= 4 is 11.9 Å². The topological polar surface area (TPSA) is 95.9 Å². The third-order valence-corrected chi connectivity index (χ3v) is 17.4. The molecule has 3 N–H and O–H groups in total. The Bertz CT molecular complexity index is 1330. The minimum atomic E-state index is -0.661. The Kier molecular flexibility index (Phi) is 69.9. The van der Waals surface area contributed by atoms with Crippen molar-refractivity contribution in [3.63, 3.8) is 0 Å². The number of amides is 1. The molecule has 0 heterocycles. The molecule has 2 atom stereocenters. The Morgan fingerprint density at radius 1 is 0.341 bits per heavy atom. The van der Waals surface area contributed by atoms with Crippen LogP contribution in [0.5, 0.6) is 0 Å². The number of unbranched alkanes of at least 4 members (excludes halogenated alkanes) is 53. The van der Waals surface area contributed by atoms with Gasteiger partial charge < -0.3 is 20.3 Å². The molecular weight excluding hydrogens is 1010 g/mol. The van der Waals surface area contributed by atoms with Crippen LogP contribution in [0.25, 0.3) is 0 Å². The van der Waals surface area contributed by atoms with Gasteiger partial charge in [-0.25, -0.2) is 0 Å². The third kappa shape index (κ3) is 67.2. The van der Waals surface area contributed by atoms with Gasteiger partial charge in [0.05, 0.1) is 25.4 Å². The number of aliphatic hydroxyl groups excluding tert-OH is 2. The van der Waals surface area contributed by atoms with Gasteiger partial charge >= 0.3 is 5.97 Å². The van der Waals surface area contributed by atoms with Crippen molar-refractivity contribution in [1.29, 1.82) is 0 Å². The number of carbonyl (C=O) groups is 2. The van der Waals surface area contributed by atoms with Crippen LogP contribution in [0.3, 0.4) is 0 Å². The van der Waals surface area contributed by atoms with Crippen LogP contribution in [0.15, 0.2) is 36.5 Å². The van der Waals surface area contributed by atoms with E-state index in [1.54, 1.807) is 0 Å². The molecule has 0 aromatic carbocycles. The largest absolute Gasteiger partial charge is 0.466 e. The van der Waals surface area contributed by atoms with Crippen LogP contribution >= 0.6 is 0 Å². The molecular formula is C76H145NO5. The highest BCUT2D eigenvalue weighted by Gasteiger charge is 2.20. The zero-order valence-corrected chi connectivity index (χ0v) is 55.5. The fourth-order valence-corrected chi connectivity index (χ4v) is 11.7. The Morgan fingerprint density at radius 3 is 0.963 bits per heavy atom. The Labute approximate surface area is 513 Å². The van der Waals surface area contributed by atoms with Gasteiger partial charge in [0.15, 0.2) is 0 Å². The van der Waals surface area contributed by atoms with Crippen molar-refractivity contribution in [2.75, 3.05) is 13.2 Å². The second kappa shape index (κ2) is 71.6. The zero-order chi connectivity index (χ0) is 59.2. The number of hydrogen-bond acceptors (Lipinski definition) is 5. The summed E-state index contributed by atoms with van der Waals surface area (Å²) in [6.45, 7) is 4.95. The highest BCUT2D eigenvalue weighted by molar-refractivity contribution is 5.76. The standard InChI is InChI=1S/C76H145NO5/c1-3-5-7-9-11-13-15-17-18-38-42-46-50-54-58-62-66-70-76(81)82-71-67-63-59-55-51-47-43-40-37-35-33-31-29-27-25-23-21-19-20-22-24-26-28-30-32-34-36-39-41-45-49-53-57-61-65-69-75(80)77-73(72-78)74(79)68-64-60-56-52-48-44-16-14-12-10-8-6-4-2/h11,13,17-18,21,23,73-74,78-79H,3-10,12,14-16,19-20,22,24-72H2,1-2H3,(H,77,80)/b13-11-,18-17-,23-21-. The number of nitrogens with one attached hydrogen (secondary N) is 1. The average Bonchev–Trinajstić information content (AvgIpc) is 3.48. The SMILES string of the molecule is CCCCC/C=C\C/C=C\CCCCCCCCCC(=O)OCCCCCCCCCCCCCCCC/C=C\CCCCCCCCCCCCCCCCCCCC(=O)NC(CO)C(O)CCCCCCCCCCCCCCC. The quantitative estimate of drug-likeness (QED) is 0.0320. The van der Waals surface area contributed by atoms with E-state index < -0.39 is 12.1 Å². The van der Waals surface area contributed by atoms with E-state index in [4.69, 9.17) is 4.74 Å². The Balaban J connectivity index is 3.32. The van der Waals surface area contributed by atoms with Gasteiger partial charge in [-0.3, -0.25) is 9.59 Å². The zero-order valence-electron chi connectivity index (χ0n) is 55.5. The molecule has 82 heavy (non-hydrogen) atoms. The van der Waals surface area contributed by atoms with Gasteiger partial charge in [0.1, 0.15) is 0 Å². The summed E-state index contributed by atoms with van der Waals surface area (Å²) in [5.41, 5.74) is 0. The van der Waals surface area contributed by atoms with Crippen molar-refractivity contribution in [1.82, 2.24) is 5.32 Å². The minimum Gasteiger partial charge on any atom is -0.466 e. The molecule has 0 aromatic heterocycles. The second-order valence-corrected chi connectivity index (χ2v) is 25.6. The maximum atomic E-state index is 12.5. The first-order valence-electron chi connectivity index (χ1n) is 37.2. The predicted octanol–water partition coefficient (Wildman–Crippen LogP) is 24.3. The van der Waals surface area contributed by atoms with Crippen LogP contribution in [-0.2, 0) is 14.3 Å². The summed E-state index contributed by atoms with van der Waals surface area (Å²) in [7, 11) is 0. The van der Waals surface area contributed by atoms with E-state index in [0.29, 0.717) is 25.9 Å². The van der Waals surface area contributed by atoms with E-state index in [1.165, 1.54) is 327 Å². The van der Waals surface area contributed by atoms with E-state index in [-0.39, 0.29) is 18.5 Å². The van der Waals surface area contributed by atoms with Crippen LogP contribution in [0.4, 0.5) is 0 Å². The van der Waals surface area contributed by atoms with Crippen LogP contribution in [0.2, 0.25) is 0 Å². The van der Waals surface area contributed by atoms with Gasteiger partial charge in [-0.15, -0.1) is 0 Å². The van der Waals surface area contributed by atoms with Gasteiger partial charge in [-0.05, 0) is 83.5 Å². The van der Waals surface area contributed by atoms with Crippen LogP contribution in [0.1, 0.15) is 412 Å². The van der Waals surface area contributed by atoms with E-state index in [0.717, 1.165) is 51.4 Å². The number of hydrogen-bond donors (Lipinski definition) is 3. The van der Waals surface area contributed by atoms with Crippen molar-refractivity contribution in [3.8, 4) is 0 Å². The van der Waals surface area contributed by atoms with Gasteiger partial charge in [0.25, 0.3) is 0 Å². The summed E-state index contributed by atoms with van der Waals surface area (Å²) in [5.74, 6) is -0.0165. The number of ether oxygens (including phenoxy) is 1. The van der Waals surface area contributed by atoms with Gasteiger partial charge in [0.2, 0.25) is 5.91 Å². The van der Waals surface area contributed by atoms with Crippen LogP contribution < -0.4 is 5.32 Å². The van der Waals surface area contributed by atoms with Gasteiger partial charge in [-0.1, -0.05) is 352 Å². The van der Waals surface area contributed by atoms with Gasteiger partial charge in [0, 0.05) is 12.8 Å². The number of aliphatic hydroxyl groups is 2. The molecule has 0 bridgehead atoms. The molecule has 0 saturated carbocycles. The van der Waals surface area contributed by atoms with E-state index >= 15 is 0 Å². The number of rotatable bonds is 70. The van der Waals surface area contributed by atoms with Crippen LogP contribution in [0, 0.1) is 0 Å². The molecule has 6 heteroatoms. The highest BCUT2D eigenvalue weighted by atomic mass is 16.5. The lowest BCUT2D eigenvalue weighted by Gasteiger charge is -2.22. The molecule has 0 rings (SSSR count).